The van der Waals surface area contributed by atoms with E-state index in [1.165, 1.54) is 12.0 Å². The van der Waals surface area contributed by atoms with E-state index in [9.17, 15) is 14.4 Å². The largest absolute Gasteiger partial charge is 0.496 e. The number of hydrogen-bond donors (Lipinski definition) is 2. The molecule has 2 rings (SSSR count). The first-order valence-corrected chi connectivity index (χ1v) is 9.96. The van der Waals surface area contributed by atoms with Crippen LogP contribution in [0.4, 0.5) is 0 Å². The molecule has 2 N–H and O–H groups in total. The van der Waals surface area contributed by atoms with E-state index < -0.39 is 17.9 Å². The number of carbonyl (C=O) groups excluding carboxylic acids is 3. The number of nitrogens with zero attached hydrogens (tertiary/aromatic N) is 1. The molecule has 1 atom stereocenters. The smallest absolute Gasteiger partial charge is 0.308 e. The van der Waals surface area contributed by atoms with E-state index in [1.807, 2.05) is 6.92 Å². The summed E-state index contributed by atoms with van der Waals surface area (Å²) >= 11 is 8.66. The number of benzene rings is 1. The molecule has 1 saturated heterocycles. The maximum atomic E-state index is 12.5. The highest BCUT2D eigenvalue weighted by Gasteiger charge is 2.34. The van der Waals surface area contributed by atoms with E-state index in [-0.39, 0.29) is 17.4 Å². The van der Waals surface area contributed by atoms with Gasteiger partial charge in [-0.25, -0.2) is 0 Å². The average molecular weight is 472 g/mol. The summed E-state index contributed by atoms with van der Waals surface area (Å²) in [5, 5.41) is 5.41. The standard InChI is InChI=1S/C18H22BrN3O5S/c1-3-8-27-15(23)10-13-17(25)20-6-7-22(13)18(28)21-16(24)11-4-5-14(26-2)12(19)9-11/h4-5,9,13H,3,6-8,10H2,1-2H3,(H,20,25)(H,21,24,28). The van der Waals surface area contributed by atoms with Gasteiger partial charge in [0, 0.05) is 18.7 Å². The third-order valence-electron chi connectivity index (χ3n) is 4.05. The maximum Gasteiger partial charge on any atom is 0.308 e. The number of amides is 2. The second-order valence-corrected chi connectivity index (χ2v) is 7.27. The molecule has 28 heavy (non-hydrogen) atoms. The number of nitrogens with one attached hydrogen (secondary N) is 2. The predicted octanol–water partition coefficient (Wildman–Crippen LogP) is 1.62. The van der Waals surface area contributed by atoms with Gasteiger partial charge in [-0.15, -0.1) is 0 Å². The van der Waals surface area contributed by atoms with E-state index in [4.69, 9.17) is 21.7 Å². The Morgan fingerprint density at radius 2 is 2.18 bits per heavy atom. The molecule has 1 aromatic carbocycles. The van der Waals surface area contributed by atoms with E-state index in [2.05, 4.69) is 26.6 Å². The molecule has 0 radical (unpaired) electrons. The number of esters is 1. The number of rotatable bonds is 6. The number of hydrogen-bond acceptors (Lipinski definition) is 6. The summed E-state index contributed by atoms with van der Waals surface area (Å²) < 4.78 is 10.8. The third-order valence-corrected chi connectivity index (χ3v) is 5.01. The number of carbonyl (C=O) groups is 3. The van der Waals surface area contributed by atoms with Gasteiger partial charge in [0.05, 0.1) is 24.6 Å². The van der Waals surface area contributed by atoms with Gasteiger partial charge >= 0.3 is 5.97 Å². The Balaban J connectivity index is 2.07. The van der Waals surface area contributed by atoms with Crippen molar-refractivity contribution in [3.63, 3.8) is 0 Å². The minimum Gasteiger partial charge on any atom is -0.496 e. The number of halogens is 1. The quantitative estimate of drug-likeness (QED) is 0.480. The zero-order chi connectivity index (χ0) is 20.7. The van der Waals surface area contributed by atoms with Crippen molar-refractivity contribution in [2.75, 3.05) is 26.8 Å². The van der Waals surface area contributed by atoms with Crippen LogP contribution in [0.15, 0.2) is 22.7 Å². The summed E-state index contributed by atoms with van der Waals surface area (Å²) in [6.07, 6.45) is 0.550. The lowest BCUT2D eigenvalue weighted by Crippen LogP contribution is -2.60. The van der Waals surface area contributed by atoms with E-state index >= 15 is 0 Å². The first kappa shape index (κ1) is 22.1. The van der Waals surface area contributed by atoms with Crippen LogP contribution in [0, 0.1) is 0 Å². The molecule has 2 amide bonds. The van der Waals surface area contributed by atoms with Gasteiger partial charge in [0.25, 0.3) is 5.91 Å². The second-order valence-electron chi connectivity index (χ2n) is 6.03. The molecule has 0 aliphatic carbocycles. The van der Waals surface area contributed by atoms with Crippen LogP contribution in [0.3, 0.4) is 0 Å². The van der Waals surface area contributed by atoms with Gasteiger partial charge in [-0.05, 0) is 52.8 Å². The minimum absolute atomic E-state index is 0.0834. The molecule has 1 aliphatic heterocycles. The summed E-state index contributed by atoms with van der Waals surface area (Å²) in [6.45, 7) is 2.92. The monoisotopic (exact) mass is 471 g/mol. The molecule has 0 spiro atoms. The van der Waals surface area contributed by atoms with Crippen LogP contribution >= 0.6 is 28.1 Å². The molecule has 1 unspecified atom stereocenters. The summed E-state index contributed by atoms with van der Waals surface area (Å²) in [5.41, 5.74) is 0.371. The Morgan fingerprint density at radius 1 is 1.43 bits per heavy atom. The lowest BCUT2D eigenvalue weighted by Gasteiger charge is -2.36. The van der Waals surface area contributed by atoms with Crippen LogP contribution in [0.25, 0.3) is 0 Å². The number of methoxy groups -OCH3 is 1. The van der Waals surface area contributed by atoms with Crippen LogP contribution in [-0.4, -0.2) is 60.6 Å². The van der Waals surface area contributed by atoms with Gasteiger partial charge in [-0.1, -0.05) is 6.92 Å². The number of piperazine rings is 1. The summed E-state index contributed by atoms with van der Waals surface area (Å²) in [7, 11) is 1.53. The Morgan fingerprint density at radius 3 is 2.82 bits per heavy atom. The van der Waals surface area contributed by atoms with Crippen molar-refractivity contribution in [2.45, 2.75) is 25.8 Å². The number of thiocarbonyl (C=S) groups is 1. The molecule has 0 bridgehead atoms. The molecule has 1 fully saturated rings. The predicted molar refractivity (Wildman–Crippen MR) is 110 cm³/mol. The second kappa shape index (κ2) is 10.4. The van der Waals surface area contributed by atoms with Crippen LogP contribution in [-0.2, 0) is 14.3 Å². The molecule has 10 heteroatoms. The molecule has 0 aromatic heterocycles. The Labute approximate surface area is 177 Å². The van der Waals surface area contributed by atoms with Gasteiger partial charge in [-0.2, -0.15) is 0 Å². The van der Waals surface area contributed by atoms with Gasteiger partial charge in [0.2, 0.25) is 5.91 Å². The van der Waals surface area contributed by atoms with Crippen LogP contribution in [0.1, 0.15) is 30.1 Å². The topological polar surface area (TPSA) is 97.0 Å². The molecule has 152 valence electrons. The fraction of sp³-hybridized carbons (Fsp3) is 0.444. The molecular weight excluding hydrogens is 450 g/mol. The minimum atomic E-state index is -0.825. The molecule has 1 aliphatic rings. The average Bonchev–Trinajstić information content (AvgIpc) is 2.67. The van der Waals surface area contributed by atoms with Crippen molar-refractivity contribution < 1.29 is 23.9 Å². The zero-order valence-electron chi connectivity index (χ0n) is 15.6. The first-order chi connectivity index (χ1) is 13.4. The van der Waals surface area contributed by atoms with Crippen LogP contribution in [0.2, 0.25) is 0 Å². The van der Waals surface area contributed by atoms with Gasteiger partial charge in [0.15, 0.2) is 5.11 Å². The molecular formula is C18H22BrN3O5S. The zero-order valence-corrected chi connectivity index (χ0v) is 18.0. The van der Waals surface area contributed by atoms with E-state index in [1.54, 1.807) is 18.2 Å². The van der Waals surface area contributed by atoms with E-state index in [0.29, 0.717) is 41.9 Å². The normalized spacial score (nSPS) is 16.2. The van der Waals surface area contributed by atoms with Gasteiger partial charge in [0.1, 0.15) is 11.8 Å². The lowest BCUT2D eigenvalue weighted by molar-refractivity contribution is -0.147. The van der Waals surface area contributed by atoms with Crippen molar-refractivity contribution in [1.29, 1.82) is 0 Å². The Bertz CT molecular complexity index is 774. The van der Waals surface area contributed by atoms with Crippen LogP contribution in [0.5, 0.6) is 5.75 Å². The maximum absolute atomic E-state index is 12.5. The van der Waals surface area contributed by atoms with Gasteiger partial charge < -0.3 is 19.7 Å². The molecule has 1 heterocycles. The summed E-state index contributed by atoms with van der Waals surface area (Å²) in [6, 6.07) is 4.04. The highest BCUT2D eigenvalue weighted by molar-refractivity contribution is 9.10. The van der Waals surface area contributed by atoms with Crippen molar-refractivity contribution in [1.82, 2.24) is 15.5 Å². The fourth-order valence-electron chi connectivity index (χ4n) is 2.64. The third kappa shape index (κ3) is 5.65. The lowest BCUT2D eigenvalue weighted by atomic mass is 10.1. The highest BCUT2D eigenvalue weighted by Crippen LogP contribution is 2.25. The van der Waals surface area contributed by atoms with Gasteiger partial charge in [-0.3, -0.25) is 19.7 Å². The summed E-state index contributed by atoms with van der Waals surface area (Å²) in [4.78, 5) is 38.2. The Kier molecular flexibility index (Phi) is 8.18. The first-order valence-electron chi connectivity index (χ1n) is 8.76. The van der Waals surface area contributed by atoms with Crippen molar-refractivity contribution in [3.8, 4) is 5.75 Å². The number of ether oxygens (including phenoxy) is 2. The molecule has 1 aromatic rings. The Hall–Kier alpha value is -2.20. The van der Waals surface area contributed by atoms with Crippen molar-refractivity contribution >= 4 is 51.0 Å². The van der Waals surface area contributed by atoms with E-state index in [0.717, 1.165) is 0 Å². The summed E-state index contributed by atoms with van der Waals surface area (Å²) in [5.74, 6) is -0.644. The molecule has 8 nitrogen and oxygen atoms in total. The van der Waals surface area contributed by atoms with Crippen LogP contribution < -0.4 is 15.4 Å². The molecule has 0 saturated carbocycles. The highest BCUT2D eigenvalue weighted by atomic mass is 79.9. The SMILES string of the molecule is CCCOC(=O)CC1C(=O)NCCN1C(=S)NC(=O)c1ccc(OC)c(Br)c1. The fourth-order valence-corrected chi connectivity index (χ4v) is 3.49. The van der Waals surface area contributed by atoms with Crippen molar-refractivity contribution in [3.05, 3.63) is 28.2 Å². The van der Waals surface area contributed by atoms with Crippen molar-refractivity contribution in [2.24, 2.45) is 0 Å².